The molecule has 0 aliphatic carbocycles. The van der Waals surface area contributed by atoms with E-state index in [1.165, 1.54) is 24.1 Å². The summed E-state index contributed by atoms with van der Waals surface area (Å²) in [6, 6.07) is 18.8. The van der Waals surface area contributed by atoms with E-state index in [0.717, 1.165) is 18.8 Å². The molecule has 2 heteroatoms. The molecule has 112 valence electrons. The number of benzene rings is 2. The van der Waals surface area contributed by atoms with Gasteiger partial charge in [0, 0.05) is 12.2 Å². The third kappa shape index (κ3) is 5.14. The van der Waals surface area contributed by atoms with Crippen LogP contribution in [0.25, 0.3) is 0 Å². The van der Waals surface area contributed by atoms with E-state index in [4.69, 9.17) is 4.74 Å². The van der Waals surface area contributed by atoms with Crippen LogP contribution in [0.2, 0.25) is 0 Å². The molecule has 0 spiro atoms. The minimum Gasteiger partial charge on any atom is -0.492 e. The third-order valence-corrected chi connectivity index (χ3v) is 3.55. The maximum absolute atomic E-state index is 5.85. The van der Waals surface area contributed by atoms with Crippen molar-refractivity contribution in [1.29, 1.82) is 0 Å². The third-order valence-electron chi connectivity index (χ3n) is 3.55. The largest absolute Gasteiger partial charge is 0.492 e. The monoisotopic (exact) mass is 283 g/mol. The first-order valence-electron chi connectivity index (χ1n) is 7.79. The van der Waals surface area contributed by atoms with Crippen molar-refractivity contribution in [2.45, 2.75) is 26.7 Å². The zero-order valence-corrected chi connectivity index (χ0v) is 13.1. The first-order chi connectivity index (χ1) is 10.3. The van der Waals surface area contributed by atoms with Crippen LogP contribution >= 0.6 is 0 Å². The molecular formula is C19H25NO. The number of nitrogens with zero attached hydrogens (tertiary/aromatic N) is 1. The molecule has 0 aromatic heterocycles. The average Bonchev–Trinajstić information content (AvgIpc) is 2.53. The summed E-state index contributed by atoms with van der Waals surface area (Å²) in [4.78, 5) is 2.40. The van der Waals surface area contributed by atoms with Gasteiger partial charge >= 0.3 is 0 Å². The van der Waals surface area contributed by atoms with Gasteiger partial charge in [-0.3, -0.25) is 0 Å². The molecule has 2 aromatic carbocycles. The highest BCUT2D eigenvalue weighted by molar-refractivity contribution is 5.45. The van der Waals surface area contributed by atoms with Crippen molar-refractivity contribution in [3.05, 3.63) is 60.2 Å². The molecule has 0 unspecified atom stereocenters. The Morgan fingerprint density at radius 3 is 2.29 bits per heavy atom. The predicted molar refractivity (Wildman–Crippen MR) is 90.2 cm³/mol. The van der Waals surface area contributed by atoms with Gasteiger partial charge in [0.05, 0.1) is 6.54 Å². The van der Waals surface area contributed by atoms with E-state index in [0.29, 0.717) is 6.61 Å². The molecule has 0 atom stereocenters. The molecule has 0 heterocycles. The van der Waals surface area contributed by atoms with Crippen molar-refractivity contribution in [2.75, 3.05) is 24.6 Å². The standard InChI is InChI=1S/C19H25NO/c1-3-4-14-20(18-8-6-5-7-9-18)15-16-21-19-12-10-17(2)11-13-19/h5-13H,3-4,14-16H2,1-2H3. The van der Waals surface area contributed by atoms with Crippen LogP contribution in [0.15, 0.2) is 54.6 Å². The lowest BCUT2D eigenvalue weighted by atomic mass is 10.2. The number of unbranched alkanes of at least 4 members (excludes halogenated alkanes) is 1. The Balaban J connectivity index is 1.88. The summed E-state index contributed by atoms with van der Waals surface area (Å²) in [6.07, 6.45) is 2.42. The molecule has 0 amide bonds. The normalized spacial score (nSPS) is 10.4. The summed E-state index contributed by atoms with van der Waals surface area (Å²) in [5, 5.41) is 0. The topological polar surface area (TPSA) is 12.5 Å². The number of rotatable bonds is 8. The lowest BCUT2D eigenvalue weighted by Gasteiger charge is -2.24. The van der Waals surface area contributed by atoms with Crippen molar-refractivity contribution in [1.82, 2.24) is 0 Å². The van der Waals surface area contributed by atoms with Gasteiger partial charge in [-0.1, -0.05) is 49.2 Å². The zero-order chi connectivity index (χ0) is 14.9. The molecule has 0 aliphatic heterocycles. The Morgan fingerprint density at radius 2 is 1.62 bits per heavy atom. The molecule has 2 nitrogen and oxygen atoms in total. The van der Waals surface area contributed by atoms with Gasteiger partial charge in [-0.2, -0.15) is 0 Å². The Bertz CT molecular complexity index is 507. The second kappa shape index (κ2) is 8.35. The minimum atomic E-state index is 0.710. The van der Waals surface area contributed by atoms with Gasteiger partial charge in [0.15, 0.2) is 0 Å². The second-order valence-corrected chi connectivity index (χ2v) is 5.34. The average molecular weight is 283 g/mol. The van der Waals surface area contributed by atoms with Crippen molar-refractivity contribution in [3.8, 4) is 5.75 Å². The van der Waals surface area contributed by atoms with Crippen LogP contribution in [0.1, 0.15) is 25.3 Å². The first-order valence-corrected chi connectivity index (χ1v) is 7.79. The fourth-order valence-electron chi connectivity index (χ4n) is 2.27. The van der Waals surface area contributed by atoms with Gasteiger partial charge < -0.3 is 9.64 Å². The van der Waals surface area contributed by atoms with Crippen LogP contribution in [0.4, 0.5) is 5.69 Å². The van der Waals surface area contributed by atoms with Gasteiger partial charge in [-0.05, 0) is 37.6 Å². The van der Waals surface area contributed by atoms with E-state index in [9.17, 15) is 0 Å². The van der Waals surface area contributed by atoms with Crippen LogP contribution in [0.5, 0.6) is 5.75 Å². The van der Waals surface area contributed by atoms with Crippen LogP contribution in [-0.4, -0.2) is 19.7 Å². The summed E-state index contributed by atoms with van der Waals surface area (Å²) in [6.45, 7) is 7.02. The molecule has 0 aliphatic rings. The van der Waals surface area contributed by atoms with E-state index in [-0.39, 0.29) is 0 Å². The molecule has 0 N–H and O–H groups in total. The molecule has 0 bridgehead atoms. The zero-order valence-electron chi connectivity index (χ0n) is 13.1. The van der Waals surface area contributed by atoms with Crippen molar-refractivity contribution in [2.24, 2.45) is 0 Å². The molecule has 2 aromatic rings. The van der Waals surface area contributed by atoms with Crippen LogP contribution in [0, 0.1) is 6.92 Å². The van der Waals surface area contributed by atoms with Crippen LogP contribution in [0.3, 0.4) is 0 Å². The smallest absolute Gasteiger partial charge is 0.119 e. The van der Waals surface area contributed by atoms with Gasteiger partial charge in [0.1, 0.15) is 12.4 Å². The van der Waals surface area contributed by atoms with Gasteiger partial charge in [-0.15, -0.1) is 0 Å². The van der Waals surface area contributed by atoms with Crippen LogP contribution < -0.4 is 9.64 Å². The lowest BCUT2D eigenvalue weighted by Crippen LogP contribution is -2.29. The summed E-state index contributed by atoms with van der Waals surface area (Å²) < 4.78 is 5.85. The number of ether oxygens (including phenoxy) is 1. The van der Waals surface area contributed by atoms with E-state index in [1.807, 2.05) is 12.1 Å². The highest BCUT2D eigenvalue weighted by atomic mass is 16.5. The van der Waals surface area contributed by atoms with Gasteiger partial charge in [-0.25, -0.2) is 0 Å². The van der Waals surface area contributed by atoms with Crippen LogP contribution in [-0.2, 0) is 0 Å². The molecule has 21 heavy (non-hydrogen) atoms. The summed E-state index contributed by atoms with van der Waals surface area (Å²) in [5.74, 6) is 0.948. The summed E-state index contributed by atoms with van der Waals surface area (Å²) in [5.41, 5.74) is 2.54. The highest BCUT2D eigenvalue weighted by Gasteiger charge is 2.05. The lowest BCUT2D eigenvalue weighted by molar-refractivity contribution is 0.323. The van der Waals surface area contributed by atoms with Crippen molar-refractivity contribution >= 4 is 5.69 Å². The number of aryl methyl sites for hydroxylation is 1. The summed E-state index contributed by atoms with van der Waals surface area (Å²) in [7, 11) is 0. The predicted octanol–water partition coefficient (Wildman–Crippen LogP) is 4.68. The van der Waals surface area contributed by atoms with Crippen molar-refractivity contribution in [3.63, 3.8) is 0 Å². The molecule has 0 saturated carbocycles. The molecule has 0 radical (unpaired) electrons. The first kappa shape index (κ1) is 15.4. The van der Waals surface area contributed by atoms with E-state index in [2.05, 4.69) is 61.2 Å². The van der Waals surface area contributed by atoms with Crippen molar-refractivity contribution < 1.29 is 4.74 Å². The van der Waals surface area contributed by atoms with E-state index < -0.39 is 0 Å². The number of para-hydroxylation sites is 1. The summed E-state index contributed by atoms with van der Waals surface area (Å²) >= 11 is 0. The Kier molecular flexibility index (Phi) is 6.14. The molecular weight excluding hydrogens is 258 g/mol. The molecule has 2 rings (SSSR count). The van der Waals surface area contributed by atoms with E-state index in [1.54, 1.807) is 0 Å². The quantitative estimate of drug-likeness (QED) is 0.697. The molecule has 0 fully saturated rings. The maximum atomic E-state index is 5.85. The van der Waals surface area contributed by atoms with E-state index >= 15 is 0 Å². The Hall–Kier alpha value is -1.96. The SMILES string of the molecule is CCCCN(CCOc1ccc(C)cc1)c1ccccc1. The Labute approximate surface area is 128 Å². The fraction of sp³-hybridized carbons (Fsp3) is 0.368. The molecule has 0 saturated heterocycles. The maximum Gasteiger partial charge on any atom is 0.119 e. The minimum absolute atomic E-state index is 0.710. The van der Waals surface area contributed by atoms with Gasteiger partial charge in [0.25, 0.3) is 0 Å². The number of hydrogen-bond donors (Lipinski definition) is 0. The highest BCUT2D eigenvalue weighted by Crippen LogP contribution is 2.15. The van der Waals surface area contributed by atoms with Gasteiger partial charge in [0.2, 0.25) is 0 Å². The number of anilines is 1. The number of hydrogen-bond acceptors (Lipinski definition) is 2. The fourth-order valence-corrected chi connectivity index (χ4v) is 2.27. The second-order valence-electron chi connectivity index (χ2n) is 5.34. The Morgan fingerprint density at radius 1 is 0.905 bits per heavy atom.